The molecule has 0 spiro atoms. The molecule has 1 unspecified atom stereocenters. The van der Waals surface area contributed by atoms with Gasteiger partial charge in [0.05, 0.1) is 18.6 Å². The highest BCUT2D eigenvalue weighted by Gasteiger charge is 2.28. The van der Waals surface area contributed by atoms with Crippen molar-refractivity contribution < 1.29 is 19.2 Å². The summed E-state index contributed by atoms with van der Waals surface area (Å²) in [7, 11) is 1.28. The van der Waals surface area contributed by atoms with Crippen LogP contribution in [-0.2, 0) is 14.3 Å². The van der Waals surface area contributed by atoms with Crippen molar-refractivity contribution in [1.82, 2.24) is 4.90 Å². The molecular weight excluding hydrogens is 350 g/mol. The maximum absolute atomic E-state index is 11.5. The first-order valence-electron chi connectivity index (χ1n) is 9.19. The number of benzene rings is 1. The Labute approximate surface area is 158 Å². The monoisotopic (exact) mass is 375 g/mol. The predicted octanol–water partition coefficient (Wildman–Crippen LogP) is 2.45. The zero-order valence-corrected chi connectivity index (χ0v) is 15.4. The number of nitrogens with zero attached hydrogens (tertiary/aromatic N) is 2. The van der Waals surface area contributed by atoms with Crippen LogP contribution in [0.4, 0.5) is 11.4 Å². The molecule has 2 saturated heterocycles. The second kappa shape index (κ2) is 8.96. The summed E-state index contributed by atoms with van der Waals surface area (Å²) in [5.41, 5.74) is 1.10. The standard InChI is InChI=1S/C19H25N3O5/c1-26-19(23)5-3-14-2-4-17(18(12-14)22(24)25)20-15-6-9-21(10-7-15)16-8-11-27-13-16/h2-5,12,15-16,20H,6-11,13H2,1H3/b5-3+. The van der Waals surface area contributed by atoms with Crippen molar-refractivity contribution in [2.45, 2.75) is 31.3 Å². The van der Waals surface area contributed by atoms with Crippen LogP contribution in [-0.4, -0.2) is 61.3 Å². The average Bonchev–Trinajstić information content (AvgIpc) is 3.22. The number of esters is 1. The fourth-order valence-electron chi connectivity index (χ4n) is 3.60. The lowest BCUT2D eigenvalue weighted by Crippen LogP contribution is -2.44. The lowest BCUT2D eigenvalue weighted by atomic mass is 10.0. The van der Waals surface area contributed by atoms with Crippen LogP contribution in [0.5, 0.6) is 0 Å². The van der Waals surface area contributed by atoms with Gasteiger partial charge in [0.1, 0.15) is 5.69 Å². The molecule has 2 aliphatic heterocycles. The number of ether oxygens (including phenoxy) is 2. The smallest absolute Gasteiger partial charge is 0.330 e. The Hall–Kier alpha value is -2.45. The van der Waals surface area contributed by atoms with E-state index >= 15 is 0 Å². The summed E-state index contributed by atoms with van der Waals surface area (Å²) < 4.78 is 10.00. The van der Waals surface area contributed by atoms with E-state index in [9.17, 15) is 14.9 Å². The average molecular weight is 375 g/mol. The first-order chi connectivity index (χ1) is 13.1. The third-order valence-electron chi connectivity index (χ3n) is 5.14. The molecule has 0 saturated carbocycles. The molecule has 27 heavy (non-hydrogen) atoms. The van der Waals surface area contributed by atoms with Crippen LogP contribution in [0.15, 0.2) is 24.3 Å². The van der Waals surface area contributed by atoms with Crippen LogP contribution in [0.3, 0.4) is 0 Å². The molecule has 2 fully saturated rings. The van der Waals surface area contributed by atoms with E-state index in [1.807, 2.05) is 0 Å². The van der Waals surface area contributed by atoms with E-state index in [1.165, 1.54) is 25.3 Å². The van der Waals surface area contributed by atoms with Crippen LogP contribution < -0.4 is 5.32 Å². The Morgan fingerprint density at radius 3 is 2.78 bits per heavy atom. The molecule has 8 nitrogen and oxygen atoms in total. The van der Waals surface area contributed by atoms with Crippen molar-refractivity contribution >= 4 is 23.4 Å². The van der Waals surface area contributed by atoms with Crippen LogP contribution in [0.2, 0.25) is 0 Å². The molecule has 2 heterocycles. The van der Waals surface area contributed by atoms with Gasteiger partial charge >= 0.3 is 5.97 Å². The fourth-order valence-corrected chi connectivity index (χ4v) is 3.60. The van der Waals surface area contributed by atoms with Crippen LogP contribution in [0, 0.1) is 10.1 Å². The number of carbonyl (C=O) groups is 1. The highest BCUT2D eigenvalue weighted by atomic mass is 16.6. The van der Waals surface area contributed by atoms with Crippen molar-refractivity contribution in [2.75, 3.05) is 38.7 Å². The number of carbonyl (C=O) groups excluding carboxylic acids is 1. The zero-order valence-electron chi connectivity index (χ0n) is 15.4. The largest absolute Gasteiger partial charge is 0.466 e. The van der Waals surface area contributed by atoms with Gasteiger partial charge in [0.15, 0.2) is 0 Å². The second-order valence-electron chi connectivity index (χ2n) is 6.86. The molecule has 0 aromatic heterocycles. The number of nitrogens with one attached hydrogen (secondary N) is 1. The number of hydrogen-bond donors (Lipinski definition) is 1. The summed E-state index contributed by atoms with van der Waals surface area (Å²) in [4.78, 5) is 24.7. The van der Waals surface area contributed by atoms with Crippen molar-refractivity contribution in [2.24, 2.45) is 0 Å². The Kier molecular flexibility index (Phi) is 6.41. The lowest BCUT2D eigenvalue weighted by Gasteiger charge is -2.35. The molecule has 1 N–H and O–H groups in total. The highest BCUT2D eigenvalue weighted by molar-refractivity contribution is 5.87. The van der Waals surface area contributed by atoms with Crippen molar-refractivity contribution in [3.63, 3.8) is 0 Å². The normalized spacial score (nSPS) is 21.4. The summed E-state index contributed by atoms with van der Waals surface area (Å²) in [5.74, 6) is -0.501. The molecule has 146 valence electrons. The van der Waals surface area contributed by atoms with Crippen LogP contribution in [0.1, 0.15) is 24.8 Å². The van der Waals surface area contributed by atoms with Gasteiger partial charge < -0.3 is 14.8 Å². The molecule has 8 heteroatoms. The van der Waals surface area contributed by atoms with Gasteiger partial charge in [0.25, 0.3) is 5.69 Å². The lowest BCUT2D eigenvalue weighted by molar-refractivity contribution is -0.384. The van der Waals surface area contributed by atoms with Crippen LogP contribution in [0.25, 0.3) is 6.08 Å². The quantitative estimate of drug-likeness (QED) is 0.353. The summed E-state index contributed by atoms with van der Waals surface area (Å²) in [6.45, 7) is 3.59. The highest BCUT2D eigenvalue weighted by Crippen LogP contribution is 2.29. The van der Waals surface area contributed by atoms with Gasteiger partial charge in [0.2, 0.25) is 0 Å². The SMILES string of the molecule is COC(=O)/C=C/c1ccc(NC2CCN(C3CCOC3)CC2)c([N+](=O)[O-])c1. The number of nitro groups is 1. The minimum absolute atomic E-state index is 0.00800. The number of piperidine rings is 1. The minimum atomic E-state index is -0.501. The van der Waals surface area contributed by atoms with E-state index in [2.05, 4.69) is 15.0 Å². The Bertz CT molecular complexity index is 707. The van der Waals surface area contributed by atoms with Gasteiger partial charge in [0, 0.05) is 43.9 Å². The van der Waals surface area contributed by atoms with Crippen molar-refractivity contribution in [3.05, 3.63) is 40.0 Å². The van der Waals surface area contributed by atoms with Crippen LogP contribution >= 0.6 is 0 Å². The van der Waals surface area contributed by atoms with Crippen molar-refractivity contribution in [3.8, 4) is 0 Å². The van der Waals surface area contributed by atoms with Gasteiger partial charge in [-0.2, -0.15) is 0 Å². The van der Waals surface area contributed by atoms with Gasteiger partial charge in [-0.25, -0.2) is 4.79 Å². The molecule has 1 atom stereocenters. The zero-order chi connectivity index (χ0) is 19.2. The van der Waals surface area contributed by atoms with Gasteiger partial charge in [-0.15, -0.1) is 0 Å². The topological polar surface area (TPSA) is 93.9 Å². The van der Waals surface area contributed by atoms with Gasteiger partial charge in [-0.1, -0.05) is 6.07 Å². The summed E-state index contributed by atoms with van der Waals surface area (Å²) in [5, 5.41) is 14.8. The van der Waals surface area contributed by atoms with E-state index in [1.54, 1.807) is 12.1 Å². The summed E-state index contributed by atoms with van der Waals surface area (Å²) >= 11 is 0. The molecule has 1 aromatic carbocycles. The number of methoxy groups -OCH3 is 1. The second-order valence-corrected chi connectivity index (χ2v) is 6.86. The number of hydrogen-bond acceptors (Lipinski definition) is 7. The molecule has 0 aliphatic carbocycles. The third-order valence-corrected chi connectivity index (χ3v) is 5.14. The maximum Gasteiger partial charge on any atom is 0.330 e. The Morgan fingerprint density at radius 2 is 2.15 bits per heavy atom. The molecule has 2 aliphatic rings. The van der Waals surface area contributed by atoms with E-state index in [0.717, 1.165) is 45.6 Å². The van der Waals surface area contributed by atoms with E-state index < -0.39 is 10.9 Å². The minimum Gasteiger partial charge on any atom is -0.466 e. The third kappa shape index (κ3) is 5.05. The Morgan fingerprint density at radius 1 is 1.37 bits per heavy atom. The summed E-state index contributed by atoms with van der Waals surface area (Å²) in [6, 6.07) is 5.64. The number of rotatable bonds is 6. The maximum atomic E-state index is 11.5. The number of nitro benzene ring substituents is 1. The Balaban J connectivity index is 1.63. The molecule has 3 rings (SSSR count). The van der Waals surface area contributed by atoms with E-state index in [4.69, 9.17) is 4.74 Å². The molecule has 0 amide bonds. The predicted molar refractivity (Wildman–Crippen MR) is 102 cm³/mol. The number of anilines is 1. The van der Waals surface area contributed by atoms with E-state index in [-0.39, 0.29) is 11.7 Å². The molecule has 1 aromatic rings. The fraction of sp³-hybridized carbons (Fsp3) is 0.526. The molecule has 0 bridgehead atoms. The first-order valence-corrected chi connectivity index (χ1v) is 9.19. The van der Waals surface area contributed by atoms with Crippen molar-refractivity contribution in [1.29, 1.82) is 0 Å². The van der Waals surface area contributed by atoms with Gasteiger partial charge in [-0.3, -0.25) is 15.0 Å². The van der Waals surface area contributed by atoms with E-state index in [0.29, 0.717) is 17.3 Å². The molecular formula is C19H25N3O5. The summed E-state index contributed by atoms with van der Waals surface area (Å²) in [6.07, 6.45) is 5.72. The van der Waals surface area contributed by atoms with Gasteiger partial charge in [-0.05, 0) is 37.0 Å². The first kappa shape index (κ1) is 19.3. The molecule has 0 radical (unpaired) electrons. The number of likely N-dealkylation sites (tertiary alicyclic amines) is 1.